The van der Waals surface area contributed by atoms with Crippen LogP contribution in [0.5, 0.6) is 5.75 Å². The van der Waals surface area contributed by atoms with E-state index >= 15 is 0 Å². The van der Waals surface area contributed by atoms with Crippen LogP contribution in [0, 0.1) is 6.92 Å². The summed E-state index contributed by atoms with van der Waals surface area (Å²) in [5.74, 6) is -1.55. The molecule has 0 saturated heterocycles. The van der Waals surface area contributed by atoms with Gasteiger partial charge in [-0.1, -0.05) is 6.07 Å². The maximum absolute atomic E-state index is 10.7. The van der Waals surface area contributed by atoms with Crippen molar-refractivity contribution < 1.29 is 19.4 Å². The largest absolute Gasteiger partial charge is 0.478 e. The minimum atomic E-state index is -1.11. The van der Waals surface area contributed by atoms with Gasteiger partial charge >= 0.3 is 11.9 Å². The van der Waals surface area contributed by atoms with Gasteiger partial charge in [0.2, 0.25) is 0 Å². The van der Waals surface area contributed by atoms with Crippen LogP contribution in [0.15, 0.2) is 18.2 Å². The van der Waals surface area contributed by atoms with Gasteiger partial charge in [0.25, 0.3) is 0 Å². The molecule has 0 aliphatic rings. The van der Waals surface area contributed by atoms with Crippen LogP contribution in [0.3, 0.4) is 0 Å². The van der Waals surface area contributed by atoms with E-state index in [-0.39, 0.29) is 23.7 Å². The summed E-state index contributed by atoms with van der Waals surface area (Å²) in [5, 5.41) is 8.78. The van der Waals surface area contributed by atoms with Crippen LogP contribution in [-0.2, 0) is 4.79 Å². The summed E-state index contributed by atoms with van der Waals surface area (Å²) in [6.45, 7) is 3.02. The first-order valence-electron chi connectivity index (χ1n) is 4.03. The molecule has 4 nitrogen and oxygen atoms in total. The number of hydrogen-bond acceptors (Lipinski definition) is 3. The first-order chi connectivity index (χ1) is 6.50. The van der Waals surface area contributed by atoms with Crippen molar-refractivity contribution in [2.75, 3.05) is 0 Å². The molecule has 1 rings (SSSR count). The molecule has 5 heteroatoms. The van der Waals surface area contributed by atoms with Crippen molar-refractivity contribution >= 4 is 24.3 Å². The third kappa shape index (κ3) is 3.59. The predicted octanol–water partition coefficient (Wildman–Crippen LogP) is 2.04. The summed E-state index contributed by atoms with van der Waals surface area (Å²) in [6, 6.07) is 4.58. The van der Waals surface area contributed by atoms with Crippen molar-refractivity contribution in [3.8, 4) is 5.75 Å². The molecule has 1 N–H and O–H groups in total. The number of carboxylic acids is 1. The average molecular weight is 231 g/mol. The molecule has 0 atom stereocenters. The molecule has 0 spiro atoms. The SMILES string of the molecule is CC(=O)Oc1cc(C)ccc1C(=O)O.Cl. The van der Waals surface area contributed by atoms with E-state index < -0.39 is 11.9 Å². The molecule has 0 heterocycles. The van der Waals surface area contributed by atoms with E-state index in [9.17, 15) is 9.59 Å². The standard InChI is InChI=1S/C10H10O4.ClH/c1-6-3-4-8(10(12)13)9(5-6)14-7(2)11;/h3-5H,1-2H3,(H,12,13);1H. The quantitative estimate of drug-likeness (QED) is 0.624. The van der Waals surface area contributed by atoms with Gasteiger partial charge < -0.3 is 9.84 Å². The number of carbonyl (C=O) groups is 2. The van der Waals surface area contributed by atoms with Crippen LogP contribution in [0.1, 0.15) is 22.8 Å². The molecule has 0 aliphatic heterocycles. The molecule has 1 aromatic rings. The maximum Gasteiger partial charge on any atom is 0.339 e. The topological polar surface area (TPSA) is 63.6 Å². The summed E-state index contributed by atoms with van der Waals surface area (Å²) in [7, 11) is 0. The fraction of sp³-hybridized carbons (Fsp3) is 0.200. The number of carboxylic acid groups (broad SMARTS) is 1. The first kappa shape index (κ1) is 13.4. The zero-order chi connectivity index (χ0) is 10.7. The molecule has 0 bridgehead atoms. The molecular formula is C10H11ClO4. The van der Waals surface area contributed by atoms with E-state index in [1.165, 1.54) is 19.1 Å². The highest BCUT2D eigenvalue weighted by molar-refractivity contribution is 5.92. The third-order valence-electron chi connectivity index (χ3n) is 1.62. The van der Waals surface area contributed by atoms with E-state index in [2.05, 4.69) is 0 Å². The van der Waals surface area contributed by atoms with Crippen LogP contribution in [0.25, 0.3) is 0 Å². The lowest BCUT2D eigenvalue weighted by molar-refractivity contribution is -0.131. The van der Waals surface area contributed by atoms with Gasteiger partial charge in [0.05, 0.1) is 0 Å². The number of rotatable bonds is 2. The Morgan fingerprint density at radius 2 is 1.93 bits per heavy atom. The average Bonchev–Trinajstić information content (AvgIpc) is 2.01. The van der Waals surface area contributed by atoms with Crippen LogP contribution in [0.4, 0.5) is 0 Å². The summed E-state index contributed by atoms with van der Waals surface area (Å²) in [4.78, 5) is 21.4. The number of carbonyl (C=O) groups excluding carboxylic acids is 1. The Morgan fingerprint density at radius 1 is 1.33 bits per heavy atom. The highest BCUT2D eigenvalue weighted by Gasteiger charge is 2.12. The molecule has 15 heavy (non-hydrogen) atoms. The molecule has 0 fully saturated rings. The summed E-state index contributed by atoms with van der Waals surface area (Å²) in [5.41, 5.74) is 0.831. The second-order valence-corrected chi connectivity index (χ2v) is 2.90. The summed E-state index contributed by atoms with van der Waals surface area (Å²) >= 11 is 0. The van der Waals surface area contributed by atoms with Crippen molar-refractivity contribution in [3.63, 3.8) is 0 Å². The number of benzene rings is 1. The first-order valence-corrected chi connectivity index (χ1v) is 4.03. The number of aromatic carboxylic acids is 1. The minimum absolute atomic E-state index is 0. The fourth-order valence-corrected chi connectivity index (χ4v) is 1.05. The monoisotopic (exact) mass is 230 g/mol. The molecule has 82 valence electrons. The van der Waals surface area contributed by atoms with Gasteiger partial charge in [0.1, 0.15) is 11.3 Å². The maximum atomic E-state index is 10.7. The number of aryl methyl sites for hydroxylation is 1. The van der Waals surface area contributed by atoms with Gasteiger partial charge in [-0.2, -0.15) is 0 Å². The summed E-state index contributed by atoms with van der Waals surface area (Å²) in [6.07, 6.45) is 0. The Morgan fingerprint density at radius 3 is 2.40 bits per heavy atom. The Labute approximate surface area is 93.3 Å². The molecule has 0 amide bonds. The lowest BCUT2D eigenvalue weighted by Crippen LogP contribution is -2.07. The van der Waals surface area contributed by atoms with Gasteiger partial charge in [-0.05, 0) is 24.6 Å². The van der Waals surface area contributed by atoms with Gasteiger partial charge in [0, 0.05) is 6.92 Å². The van der Waals surface area contributed by atoms with Gasteiger partial charge in [-0.15, -0.1) is 12.4 Å². The van der Waals surface area contributed by atoms with Gasteiger partial charge in [-0.3, -0.25) is 4.79 Å². The van der Waals surface area contributed by atoms with Crippen molar-refractivity contribution in [2.45, 2.75) is 13.8 Å². The number of halogens is 1. The lowest BCUT2D eigenvalue weighted by Gasteiger charge is -2.05. The Kier molecular flexibility index (Phi) is 4.81. The predicted molar refractivity (Wildman–Crippen MR) is 56.7 cm³/mol. The molecular weight excluding hydrogens is 220 g/mol. The van der Waals surface area contributed by atoms with Crippen LogP contribution >= 0.6 is 12.4 Å². The van der Waals surface area contributed by atoms with E-state index in [4.69, 9.17) is 9.84 Å². The number of ether oxygens (including phenoxy) is 1. The van der Waals surface area contributed by atoms with E-state index in [0.717, 1.165) is 5.56 Å². The van der Waals surface area contributed by atoms with E-state index in [1.54, 1.807) is 13.0 Å². The second kappa shape index (κ2) is 5.36. The molecule has 0 aliphatic carbocycles. The molecule has 0 unspecified atom stereocenters. The Bertz CT molecular complexity index is 387. The molecule has 0 aromatic heterocycles. The zero-order valence-electron chi connectivity index (χ0n) is 8.31. The number of hydrogen-bond donors (Lipinski definition) is 1. The van der Waals surface area contributed by atoms with Crippen molar-refractivity contribution in [1.29, 1.82) is 0 Å². The van der Waals surface area contributed by atoms with E-state index in [1.807, 2.05) is 0 Å². The molecule has 1 aromatic carbocycles. The van der Waals surface area contributed by atoms with E-state index in [0.29, 0.717) is 0 Å². The summed E-state index contributed by atoms with van der Waals surface area (Å²) < 4.78 is 4.77. The highest BCUT2D eigenvalue weighted by atomic mass is 35.5. The second-order valence-electron chi connectivity index (χ2n) is 2.90. The minimum Gasteiger partial charge on any atom is -0.478 e. The smallest absolute Gasteiger partial charge is 0.339 e. The van der Waals surface area contributed by atoms with Crippen LogP contribution in [0.2, 0.25) is 0 Å². The number of esters is 1. The van der Waals surface area contributed by atoms with Crippen molar-refractivity contribution in [2.24, 2.45) is 0 Å². The van der Waals surface area contributed by atoms with Crippen LogP contribution < -0.4 is 4.74 Å². The van der Waals surface area contributed by atoms with Gasteiger partial charge in [-0.25, -0.2) is 4.79 Å². The zero-order valence-corrected chi connectivity index (χ0v) is 9.13. The van der Waals surface area contributed by atoms with Crippen molar-refractivity contribution in [1.82, 2.24) is 0 Å². The van der Waals surface area contributed by atoms with Crippen LogP contribution in [-0.4, -0.2) is 17.0 Å². The third-order valence-corrected chi connectivity index (χ3v) is 1.62. The van der Waals surface area contributed by atoms with Gasteiger partial charge in [0.15, 0.2) is 0 Å². The Balaban J connectivity index is 0.00000196. The molecule has 0 saturated carbocycles. The lowest BCUT2D eigenvalue weighted by atomic mass is 10.1. The normalized spacial score (nSPS) is 8.93. The highest BCUT2D eigenvalue weighted by Crippen LogP contribution is 2.20. The molecule has 0 radical (unpaired) electrons. The fourth-order valence-electron chi connectivity index (χ4n) is 1.05. The van der Waals surface area contributed by atoms with Crippen molar-refractivity contribution in [3.05, 3.63) is 29.3 Å². The Hall–Kier alpha value is -1.55.